The molecule has 4 nitrogen and oxygen atoms in total. The lowest BCUT2D eigenvalue weighted by Gasteiger charge is -2.05. The molecule has 0 saturated carbocycles. The molecule has 0 radical (unpaired) electrons. The minimum Gasteiger partial charge on any atom is -0.324 e. The van der Waals surface area contributed by atoms with Gasteiger partial charge < -0.3 is 10.3 Å². The van der Waals surface area contributed by atoms with Gasteiger partial charge in [0, 0.05) is 6.54 Å². The van der Waals surface area contributed by atoms with Gasteiger partial charge in [0.25, 0.3) is 0 Å². The zero-order valence-corrected chi connectivity index (χ0v) is 9.49. The van der Waals surface area contributed by atoms with Gasteiger partial charge in [-0.15, -0.1) is 10.2 Å². The minimum atomic E-state index is 0.460. The first-order valence-electron chi connectivity index (χ1n) is 4.16. The molecule has 1 aromatic heterocycles. The van der Waals surface area contributed by atoms with Crippen LogP contribution in [-0.4, -0.2) is 21.0 Å². The van der Waals surface area contributed by atoms with E-state index in [0.717, 1.165) is 23.9 Å². The highest BCUT2D eigenvalue weighted by Crippen LogP contribution is 2.27. The van der Waals surface area contributed by atoms with Gasteiger partial charge >= 0.3 is 0 Å². The Balaban J connectivity index is 2.85. The molecular weight excluding hydrogens is 204 g/mol. The quantitative estimate of drug-likeness (QED) is 0.759. The first kappa shape index (κ1) is 10.9. The standard InChI is InChI=1S/C7H14N4S2/c1-3-4-11-6(5-8)9-10-7(11)13-12-2/h3-5,8H2,1-2H3. The molecule has 0 fully saturated rings. The molecule has 1 heterocycles. The van der Waals surface area contributed by atoms with Crippen molar-refractivity contribution in [1.29, 1.82) is 0 Å². The summed E-state index contributed by atoms with van der Waals surface area (Å²) in [5.41, 5.74) is 5.55. The summed E-state index contributed by atoms with van der Waals surface area (Å²) < 4.78 is 2.08. The Hall–Kier alpha value is -0.200. The van der Waals surface area contributed by atoms with Crippen molar-refractivity contribution >= 4 is 21.6 Å². The van der Waals surface area contributed by atoms with Gasteiger partial charge in [-0.3, -0.25) is 0 Å². The topological polar surface area (TPSA) is 56.7 Å². The Bertz CT molecular complexity index is 261. The van der Waals surface area contributed by atoms with Crippen LogP contribution in [0.15, 0.2) is 5.16 Å². The van der Waals surface area contributed by atoms with Gasteiger partial charge in [0.15, 0.2) is 0 Å². The summed E-state index contributed by atoms with van der Waals surface area (Å²) in [5.74, 6) is 0.874. The molecule has 0 aliphatic heterocycles. The van der Waals surface area contributed by atoms with E-state index in [1.165, 1.54) is 0 Å². The van der Waals surface area contributed by atoms with Gasteiger partial charge in [0.05, 0.1) is 6.54 Å². The molecule has 13 heavy (non-hydrogen) atoms. The second kappa shape index (κ2) is 5.51. The van der Waals surface area contributed by atoms with E-state index in [0.29, 0.717) is 6.54 Å². The first-order chi connectivity index (χ1) is 6.33. The van der Waals surface area contributed by atoms with Crippen LogP contribution in [0.4, 0.5) is 0 Å². The Morgan fingerprint density at radius 2 is 2.23 bits per heavy atom. The maximum Gasteiger partial charge on any atom is 0.201 e. The molecule has 74 valence electrons. The highest BCUT2D eigenvalue weighted by atomic mass is 33.1. The van der Waals surface area contributed by atoms with Crippen LogP contribution in [0.3, 0.4) is 0 Å². The van der Waals surface area contributed by atoms with Gasteiger partial charge in [0.2, 0.25) is 5.16 Å². The Labute approximate surface area is 86.1 Å². The van der Waals surface area contributed by atoms with Crippen molar-refractivity contribution in [2.75, 3.05) is 6.26 Å². The van der Waals surface area contributed by atoms with Crippen LogP contribution >= 0.6 is 21.6 Å². The van der Waals surface area contributed by atoms with E-state index in [9.17, 15) is 0 Å². The van der Waals surface area contributed by atoms with Crippen LogP contribution in [0, 0.1) is 0 Å². The SMILES string of the molecule is CCCn1c(CN)nnc1SSC. The molecule has 0 amide bonds. The normalized spacial score (nSPS) is 10.7. The maximum atomic E-state index is 5.55. The van der Waals surface area contributed by atoms with Crippen LogP contribution in [-0.2, 0) is 13.1 Å². The minimum absolute atomic E-state index is 0.460. The third-order valence-electron chi connectivity index (χ3n) is 1.58. The Morgan fingerprint density at radius 3 is 2.77 bits per heavy atom. The highest BCUT2D eigenvalue weighted by molar-refractivity contribution is 8.76. The van der Waals surface area contributed by atoms with Crippen molar-refractivity contribution in [3.05, 3.63) is 5.82 Å². The van der Waals surface area contributed by atoms with Crippen molar-refractivity contribution in [2.45, 2.75) is 31.6 Å². The lowest BCUT2D eigenvalue weighted by Crippen LogP contribution is -2.08. The predicted octanol–water partition coefficient (Wildman–Crippen LogP) is 1.52. The molecule has 0 aliphatic carbocycles. The monoisotopic (exact) mass is 218 g/mol. The highest BCUT2D eigenvalue weighted by Gasteiger charge is 2.09. The number of nitrogens with zero attached hydrogens (tertiary/aromatic N) is 3. The molecule has 0 aromatic carbocycles. The summed E-state index contributed by atoms with van der Waals surface area (Å²) in [6.07, 6.45) is 3.10. The lowest BCUT2D eigenvalue weighted by molar-refractivity contribution is 0.593. The molecule has 6 heteroatoms. The van der Waals surface area contributed by atoms with Gasteiger partial charge in [-0.25, -0.2) is 0 Å². The number of hydrogen-bond acceptors (Lipinski definition) is 5. The predicted molar refractivity (Wildman–Crippen MR) is 57.6 cm³/mol. The third kappa shape index (κ3) is 2.62. The van der Waals surface area contributed by atoms with Crippen molar-refractivity contribution in [1.82, 2.24) is 14.8 Å². The summed E-state index contributed by atoms with van der Waals surface area (Å²) in [5, 5.41) is 9.05. The van der Waals surface area contributed by atoms with Gasteiger partial charge in [0.1, 0.15) is 5.82 Å². The molecule has 1 rings (SSSR count). The lowest BCUT2D eigenvalue weighted by atomic mass is 10.4. The van der Waals surface area contributed by atoms with Crippen molar-refractivity contribution in [2.24, 2.45) is 5.73 Å². The largest absolute Gasteiger partial charge is 0.324 e. The average Bonchev–Trinajstić information content (AvgIpc) is 2.50. The van der Waals surface area contributed by atoms with Crippen LogP contribution in [0.5, 0.6) is 0 Å². The second-order valence-electron chi connectivity index (χ2n) is 2.50. The summed E-state index contributed by atoms with van der Waals surface area (Å²) in [4.78, 5) is 0. The number of nitrogens with two attached hydrogens (primary N) is 1. The zero-order chi connectivity index (χ0) is 9.68. The molecule has 2 N–H and O–H groups in total. The Kier molecular flexibility index (Phi) is 4.61. The molecule has 0 aliphatic rings. The average molecular weight is 218 g/mol. The fourth-order valence-corrected chi connectivity index (χ4v) is 2.38. The summed E-state index contributed by atoms with van der Waals surface area (Å²) in [7, 11) is 3.30. The van der Waals surface area contributed by atoms with Crippen LogP contribution in [0.25, 0.3) is 0 Å². The third-order valence-corrected chi connectivity index (χ3v) is 3.15. The van der Waals surface area contributed by atoms with Crippen LogP contribution in [0.2, 0.25) is 0 Å². The number of hydrogen-bond donors (Lipinski definition) is 1. The molecule has 0 spiro atoms. The number of aromatic nitrogens is 3. The van der Waals surface area contributed by atoms with Crippen molar-refractivity contribution < 1.29 is 0 Å². The maximum absolute atomic E-state index is 5.55. The van der Waals surface area contributed by atoms with Crippen molar-refractivity contribution in [3.63, 3.8) is 0 Å². The molecular formula is C7H14N4S2. The molecule has 0 bridgehead atoms. The smallest absolute Gasteiger partial charge is 0.201 e. The Morgan fingerprint density at radius 1 is 1.46 bits per heavy atom. The fraction of sp³-hybridized carbons (Fsp3) is 0.714. The van der Waals surface area contributed by atoms with E-state index < -0.39 is 0 Å². The number of rotatable bonds is 5. The van der Waals surface area contributed by atoms with E-state index in [4.69, 9.17) is 5.73 Å². The molecule has 0 unspecified atom stereocenters. The second-order valence-corrected chi connectivity index (χ2v) is 4.87. The first-order valence-corrected chi connectivity index (χ1v) is 6.72. The van der Waals surface area contributed by atoms with E-state index in [1.807, 2.05) is 6.26 Å². The van der Waals surface area contributed by atoms with E-state index >= 15 is 0 Å². The van der Waals surface area contributed by atoms with Gasteiger partial charge in [-0.2, -0.15) is 0 Å². The fourth-order valence-electron chi connectivity index (χ4n) is 1.05. The van der Waals surface area contributed by atoms with Gasteiger partial charge in [-0.05, 0) is 23.5 Å². The van der Waals surface area contributed by atoms with Gasteiger partial charge in [-0.1, -0.05) is 17.7 Å². The molecule has 1 aromatic rings. The summed E-state index contributed by atoms with van der Waals surface area (Å²) >= 11 is 0. The molecule has 0 atom stereocenters. The van der Waals surface area contributed by atoms with Crippen LogP contribution < -0.4 is 5.73 Å². The van der Waals surface area contributed by atoms with Crippen LogP contribution in [0.1, 0.15) is 19.2 Å². The van der Waals surface area contributed by atoms with E-state index in [-0.39, 0.29) is 0 Å². The summed E-state index contributed by atoms with van der Waals surface area (Å²) in [6, 6.07) is 0. The summed E-state index contributed by atoms with van der Waals surface area (Å²) in [6.45, 7) is 3.54. The molecule has 0 saturated heterocycles. The zero-order valence-electron chi connectivity index (χ0n) is 7.86. The van der Waals surface area contributed by atoms with Crippen molar-refractivity contribution in [3.8, 4) is 0 Å². The van der Waals surface area contributed by atoms with E-state index in [1.54, 1.807) is 21.6 Å². The van der Waals surface area contributed by atoms with E-state index in [2.05, 4.69) is 21.7 Å².